The predicted octanol–water partition coefficient (Wildman–Crippen LogP) is 3.99. The lowest BCUT2D eigenvalue weighted by Crippen LogP contribution is -2.38. The molecule has 7 heteroatoms. The molecule has 0 fully saturated rings. The zero-order chi connectivity index (χ0) is 20.2. The van der Waals surface area contributed by atoms with Gasteiger partial charge in [0.25, 0.3) is 11.8 Å². The summed E-state index contributed by atoms with van der Waals surface area (Å²) in [6, 6.07) is 18.7. The molecule has 1 atom stereocenters. The molecule has 1 unspecified atom stereocenters. The van der Waals surface area contributed by atoms with Crippen molar-refractivity contribution in [1.82, 2.24) is 10.3 Å². The van der Waals surface area contributed by atoms with E-state index in [0.717, 1.165) is 22.2 Å². The minimum atomic E-state index is -0.504. The zero-order valence-corrected chi connectivity index (χ0v) is 16.2. The van der Waals surface area contributed by atoms with E-state index in [9.17, 15) is 14.0 Å². The summed E-state index contributed by atoms with van der Waals surface area (Å²) >= 11 is 1.57. The van der Waals surface area contributed by atoms with Crippen LogP contribution in [0.3, 0.4) is 0 Å². The number of hydrazone groups is 1. The van der Waals surface area contributed by atoms with E-state index in [1.54, 1.807) is 11.3 Å². The van der Waals surface area contributed by atoms with Crippen LogP contribution in [-0.4, -0.2) is 29.1 Å². The van der Waals surface area contributed by atoms with Crippen molar-refractivity contribution in [2.45, 2.75) is 12.5 Å². The molecule has 3 aromatic rings. The van der Waals surface area contributed by atoms with Crippen LogP contribution < -0.4 is 5.32 Å². The van der Waals surface area contributed by atoms with Crippen LogP contribution in [0.4, 0.5) is 4.39 Å². The number of thiophene rings is 1. The van der Waals surface area contributed by atoms with Crippen molar-refractivity contribution >= 4 is 28.9 Å². The van der Waals surface area contributed by atoms with Crippen molar-refractivity contribution in [2.75, 3.05) is 6.54 Å². The smallest absolute Gasteiger partial charge is 0.262 e. The van der Waals surface area contributed by atoms with Gasteiger partial charge in [0, 0.05) is 12.0 Å². The van der Waals surface area contributed by atoms with Gasteiger partial charge in [-0.1, -0.05) is 42.5 Å². The fourth-order valence-electron chi connectivity index (χ4n) is 3.24. The number of carbonyl (C=O) groups is 2. The maximum Gasteiger partial charge on any atom is 0.262 e. The number of benzene rings is 2. The fourth-order valence-corrected chi connectivity index (χ4v) is 3.96. The Hall–Kier alpha value is -3.32. The Morgan fingerprint density at radius 3 is 2.66 bits per heavy atom. The molecule has 2 amide bonds. The van der Waals surface area contributed by atoms with Crippen molar-refractivity contribution in [1.29, 1.82) is 0 Å². The van der Waals surface area contributed by atoms with Crippen molar-refractivity contribution in [2.24, 2.45) is 5.10 Å². The van der Waals surface area contributed by atoms with Crippen LogP contribution in [0.1, 0.15) is 33.3 Å². The molecule has 2 aromatic carbocycles. The van der Waals surface area contributed by atoms with E-state index in [1.165, 1.54) is 23.2 Å². The summed E-state index contributed by atoms with van der Waals surface area (Å²) in [5.74, 6) is -1.33. The normalized spacial score (nSPS) is 15.8. The van der Waals surface area contributed by atoms with E-state index in [2.05, 4.69) is 10.4 Å². The lowest BCUT2D eigenvalue weighted by molar-refractivity contribution is -0.131. The number of halogens is 1. The lowest BCUT2D eigenvalue weighted by Gasteiger charge is -2.22. The van der Waals surface area contributed by atoms with E-state index in [-0.39, 0.29) is 24.1 Å². The van der Waals surface area contributed by atoms with Crippen LogP contribution in [0.2, 0.25) is 0 Å². The third-order valence-corrected chi connectivity index (χ3v) is 5.56. The fraction of sp³-hybridized carbons (Fsp3) is 0.136. The highest BCUT2D eigenvalue weighted by molar-refractivity contribution is 7.12. The quantitative estimate of drug-likeness (QED) is 0.695. The Balaban J connectivity index is 1.51. The molecular formula is C22H18FN3O2S. The summed E-state index contributed by atoms with van der Waals surface area (Å²) in [5.41, 5.74) is 1.99. The molecule has 1 N–H and O–H groups in total. The molecule has 1 aromatic heterocycles. The first kappa shape index (κ1) is 19.0. The van der Waals surface area contributed by atoms with Gasteiger partial charge in [-0.2, -0.15) is 5.10 Å². The van der Waals surface area contributed by atoms with Gasteiger partial charge in [-0.05, 0) is 35.2 Å². The first-order valence-electron chi connectivity index (χ1n) is 9.14. The Bertz CT molecular complexity index is 1050. The summed E-state index contributed by atoms with van der Waals surface area (Å²) < 4.78 is 13.3. The topological polar surface area (TPSA) is 61.8 Å². The Morgan fingerprint density at radius 1 is 1.10 bits per heavy atom. The molecule has 0 aliphatic carbocycles. The monoisotopic (exact) mass is 407 g/mol. The van der Waals surface area contributed by atoms with Gasteiger partial charge in [-0.25, -0.2) is 9.40 Å². The average molecular weight is 407 g/mol. The van der Waals surface area contributed by atoms with Crippen molar-refractivity contribution in [3.63, 3.8) is 0 Å². The Labute approximate surface area is 171 Å². The molecule has 1 aliphatic heterocycles. The van der Waals surface area contributed by atoms with Gasteiger partial charge in [-0.3, -0.25) is 9.59 Å². The molecule has 2 heterocycles. The summed E-state index contributed by atoms with van der Waals surface area (Å²) in [6.07, 6.45) is 0.605. The summed E-state index contributed by atoms with van der Waals surface area (Å²) in [4.78, 5) is 26.1. The van der Waals surface area contributed by atoms with Gasteiger partial charge in [0.05, 0.1) is 23.2 Å². The van der Waals surface area contributed by atoms with E-state index in [4.69, 9.17) is 0 Å². The minimum absolute atomic E-state index is 0.168. The molecular weight excluding hydrogens is 389 g/mol. The Kier molecular flexibility index (Phi) is 5.48. The molecule has 29 heavy (non-hydrogen) atoms. The second-order valence-corrected chi connectivity index (χ2v) is 7.53. The first-order chi connectivity index (χ1) is 14.1. The van der Waals surface area contributed by atoms with Crippen LogP contribution in [0.5, 0.6) is 0 Å². The zero-order valence-electron chi connectivity index (χ0n) is 15.4. The molecule has 0 spiro atoms. The molecule has 4 rings (SSSR count). The largest absolute Gasteiger partial charge is 0.343 e. The van der Waals surface area contributed by atoms with Gasteiger partial charge in [-0.15, -0.1) is 11.3 Å². The number of nitrogens with one attached hydrogen (secondary N) is 1. The van der Waals surface area contributed by atoms with Crippen LogP contribution in [-0.2, 0) is 4.79 Å². The van der Waals surface area contributed by atoms with Gasteiger partial charge in [0.2, 0.25) is 0 Å². The predicted molar refractivity (Wildman–Crippen MR) is 110 cm³/mol. The molecule has 0 bridgehead atoms. The van der Waals surface area contributed by atoms with Gasteiger partial charge < -0.3 is 5.32 Å². The highest BCUT2D eigenvalue weighted by Gasteiger charge is 2.33. The number of nitrogens with zero attached hydrogens (tertiary/aromatic N) is 2. The van der Waals surface area contributed by atoms with E-state index in [1.807, 2.05) is 47.8 Å². The third kappa shape index (κ3) is 4.25. The van der Waals surface area contributed by atoms with E-state index in [0.29, 0.717) is 6.42 Å². The van der Waals surface area contributed by atoms with Crippen LogP contribution in [0.15, 0.2) is 77.2 Å². The van der Waals surface area contributed by atoms with Crippen LogP contribution >= 0.6 is 11.3 Å². The number of carbonyl (C=O) groups excluding carboxylic acids is 2. The second kappa shape index (κ2) is 8.36. The second-order valence-electron chi connectivity index (χ2n) is 6.59. The minimum Gasteiger partial charge on any atom is -0.343 e. The van der Waals surface area contributed by atoms with Crippen molar-refractivity contribution in [3.05, 3.63) is 93.9 Å². The number of amides is 2. The maximum absolute atomic E-state index is 13.3. The summed E-state index contributed by atoms with van der Waals surface area (Å²) in [7, 11) is 0. The highest BCUT2D eigenvalue weighted by Crippen LogP contribution is 2.33. The van der Waals surface area contributed by atoms with Crippen LogP contribution in [0, 0.1) is 5.82 Å². The summed E-state index contributed by atoms with van der Waals surface area (Å²) in [5, 5.41) is 10.5. The first-order valence-corrected chi connectivity index (χ1v) is 10.0. The standard InChI is InChI=1S/C22H18FN3O2S/c23-17-9-4-8-16(12-17)22(28)24-14-21(27)26-19(15-6-2-1-3-7-15)13-18(25-26)20-10-5-11-29-20/h1-12,19H,13-14H2,(H,24,28). The molecule has 1 aliphatic rings. The van der Waals surface area contributed by atoms with Gasteiger partial charge in [0.1, 0.15) is 5.82 Å². The van der Waals surface area contributed by atoms with Crippen LogP contribution in [0.25, 0.3) is 0 Å². The molecule has 0 saturated carbocycles. The number of rotatable bonds is 5. The van der Waals surface area contributed by atoms with E-state index < -0.39 is 11.7 Å². The third-order valence-electron chi connectivity index (χ3n) is 4.64. The molecule has 0 saturated heterocycles. The maximum atomic E-state index is 13.3. The average Bonchev–Trinajstić information content (AvgIpc) is 3.42. The SMILES string of the molecule is O=C(NCC(=O)N1N=C(c2cccs2)CC1c1ccccc1)c1cccc(F)c1. The molecule has 146 valence electrons. The Morgan fingerprint density at radius 2 is 1.93 bits per heavy atom. The summed E-state index contributed by atoms with van der Waals surface area (Å²) in [6.45, 7) is -0.222. The van der Waals surface area contributed by atoms with Gasteiger partial charge in [0.15, 0.2) is 0 Å². The molecule has 0 radical (unpaired) electrons. The van der Waals surface area contributed by atoms with E-state index >= 15 is 0 Å². The van der Waals surface area contributed by atoms with Crippen molar-refractivity contribution in [3.8, 4) is 0 Å². The lowest BCUT2D eigenvalue weighted by atomic mass is 10.0. The molecule has 5 nitrogen and oxygen atoms in total. The van der Waals surface area contributed by atoms with Gasteiger partial charge >= 0.3 is 0 Å². The number of hydrogen-bond acceptors (Lipinski definition) is 4. The van der Waals surface area contributed by atoms with Crippen molar-refractivity contribution < 1.29 is 14.0 Å². The highest BCUT2D eigenvalue weighted by atomic mass is 32.1. The number of hydrogen-bond donors (Lipinski definition) is 1.